The van der Waals surface area contributed by atoms with Gasteiger partial charge in [-0.15, -0.1) is 0 Å². The first-order chi connectivity index (χ1) is 7.54. The van der Waals surface area contributed by atoms with E-state index in [-0.39, 0.29) is 17.5 Å². The van der Waals surface area contributed by atoms with Crippen LogP contribution in [-0.4, -0.2) is 45.6 Å². The molecule has 0 aromatic carbocycles. The second-order valence-electron chi connectivity index (χ2n) is 3.15. The molecule has 8 heteroatoms. The van der Waals surface area contributed by atoms with E-state index in [4.69, 9.17) is 4.74 Å². The summed E-state index contributed by atoms with van der Waals surface area (Å²) in [5.41, 5.74) is 0. The van der Waals surface area contributed by atoms with Crippen molar-refractivity contribution in [2.75, 3.05) is 19.5 Å². The molecule has 1 aromatic heterocycles. The number of aliphatic hydroxyl groups is 1. The molecule has 0 bridgehead atoms. The summed E-state index contributed by atoms with van der Waals surface area (Å²) in [6.07, 6.45) is -0.661. The number of methoxy groups -OCH3 is 1. The van der Waals surface area contributed by atoms with E-state index in [1.165, 1.54) is 7.11 Å². The van der Waals surface area contributed by atoms with E-state index in [1.54, 1.807) is 6.92 Å². The number of imidazole rings is 1. The summed E-state index contributed by atoms with van der Waals surface area (Å²) < 4.78 is 4.75. The summed E-state index contributed by atoms with van der Waals surface area (Å²) in [5.74, 6) is 0.654. The molecule has 0 unspecified atom stereocenters. The molecule has 1 rings (SSSR count). The highest BCUT2D eigenvalue weighted by atomic mass is 32.2. The molecule has 7 nitrogen and oxygen atoms in total. The molecule has 1 aromatic rings. The number of aliphatic hydroxyl groups excluding tert-OH is 1. The fraction of sp³-hybridized carbons (Fsp3) is 0.625. The van der Waals surface area contributed by atoms with E-state index < -0.39 is 11.0 Å². The molecule has 0 aliphatic rings. The summed E-state index contributed by atoms with van der Waals surface area (Å²) in [6.45, 7) is 1.84. The first kappa shape index (κ1) is 12.9. The summed E-state index contributed by atoms with van der Waals surface area (Å²) in [5, 5.41) is 20.3. The van der Waals surface area contributed by atoms with Gasteiger partial charge in [-0.2, -0.15) is 4.98 Å². The van der Waals surface area contributed by atoms with Crippen LogP contribution >= 0.6 is 11.8 Å². The molecule has 0 saturated heterocycles. The number of ether oxygens (including phenoxy) is 1. The predicted octanol–water partition coefficient (Wildman–Crippen LogP) is 0.726. The third-order valence-corrected chi connectivity index (χ3v) is 2.83. The Morgan fingerprint density at radius 2 is 2.44 bits per heavy atom. The van der Waals surface area contributed by atoms with Crippen molar-refractivity contribution in [1.29, 1.82) is 0 Å². The SMILES string of the molecule is COC[C@@H](O)CSc1nc(C)[nH]c1[N+](=O)[O-]. The molecule has 0 spiro atoms. The predicted molar refractivity (Wildman–Crippen MR) is 58.6 cm³/mol. The molecule has 0 amide bonds. The molecular formula is C8H13N3O4S. The van der Waals surface area contributed by atoms with Crippen molar-refractivity contribution in [3.63, 3.8) is 0 Å². The lowest BCUT2D eigenvalue weighted by atomic mass is 10.4. The van der Waals surface area contributed by atoms with E-state index in [0.717, 1.165) is 11.8 Å². The number of aryl methyl sites for hydroxylation is 1. The van der Waals surface area contributed by atoms with Gasteiger partial charge in [-0.1, -0.05) is 11.8 Å². The van der Waals surface area contributed by atoms with Crippen molar-refractivity contribution >= 4 is 17.6 Å². The first-order valence-electron chi connectivity index (χ1n) is 4.55. The van der Waals surface area contributed by atoms with Gasteiger partial charge < -0.3 is 20.0 Å². The van der Waals surface area contributed by atoms with Crippen LogP contribution in [0.5, 0.6) is 0 Å². The van der Waals surface area contributed by atoms with Gasteiger partial charge in [-0.3, -0.25) is 0 Å². The van der Waals surface area contributed by atoms with Gasteiger partial charge in [0.05, 0.1) is 12.7 Å². The van der Waals surface area contributed by atoms with Gasteiger partial charge in [0.15, 0.2) is 10.9 Å². The molecule has 0 radical (unpaired) electrons. The molecule has 1 atom stereocenters. The molecule has 90 valence electrons. The molecule has 2 N–H and O–H groups in total. The summed E-state index contributed by atoms with van der Waals surface area (Å²) in [7, 11) is 1.48. The van der Waals surface area contributed by atoms with Gasteiger partial charge in [0, 0.05) is 19.8 Å². The van der Waals surface area contributed by atoms with Crippen molar-refractivity contribution in [3.05, 3.63) is 15.9 Å². The Morgan fingerprint density at radius 1 is 1.75 bits per heavy atom. The maximum atomic E-state index is 10.6. The number of nitrogens with one attached hydrogen (secondary N) is 1. The molecule has 0 aliphatic heterocycles. The average molecular weight is 247 g/mol. The first-order valence-corrected chi connectivity index (χ1v) is 5.54. The number of thioether (sulfide) groups is 1. The fourth-order valence-electron chi connectivity index (χ4n) is 1.10. The molecule has 0 fully saturated rings. The average Bonchev–Trinajstić information content (AvgIpc) is 2.57. The van der Waals surface area contributed by atoms with Crippen LogP contribution in [0.1, 0.15) is 5.82 Å². The Kier molecular flexibility index (Phi) is 4.71. The summed E-state index contributed by atoms with van der Waals surface area (Å²) in [4.78, 5) is 16.7. The third-order valence-electron chi connectivity index (χ3n) is 1.73. The largest absolute Gasteiger partial charge is 0.390 e. The van der Waals surface area contributed by atoms with E-state index in [0.29, 0.717) is 11.6 Å². The van der Waals surface area contributed by atoms with Gasteiger partial charge >= 0.3 is 5.82 Å². The van der Waals surface area contributed by atoms with Crippen molar-refractivity contribution in [3.8, 4) is 0 Å². The van der Waals surface area contributed by atoms with Crippen LogP contribution in [0.25, 0.3) is 0 Å². The van der Waals surface area contributed by atoms with E-state index in [1.807, 2.05) is 0 Å². The highest BCUT2D eigenvalue weighted by Gasteiger charge is 2.19. The molecule has 0 aliphatic carbocycles. The zero-order valence-corrected chi connectivity index (χ0v) is 9.78. The number of aromatic nitrogens is 2. The van der Waals surface area contributed by atoms with Gasteiger partial charge in [0.25, 0.3) is 0 Å². The van der Waals surface area contributed by atoms with Gasteiger partial charge in [-0.25, -0.2) is 4.98 Å². The number of hydrogen-bond acceptors (Lipinski definition) is 6. The van der Waals surface area contributed by atoms with Crippen molar-refractivity contribution in [1.82, 2.24) is 9.97 Å². The van der Waals surface area contributed by atoms with Crippen molar-refractivity contribution < 1.29 is 14.8 Å². The summed E-state index contributed by atoms with van der Waals surface area (Å²) in [6, 6.07) is 0. The van der Waals surface area contributed by atoms with Crippen LogP contribution < -0.4 is 0 Å². The van der Waals surface area contributed by atoms with Gasteiger partial charge in [0.1, 0.15) is 0 Å². The quantitative estimate of drug-likeness (QED) is 0.436. The Bertz CT molecular complexity index is 368. The Morgan fingerprint density at radius 3 is 3.00 bits per heavy atom. The lowest BCUT2D eigenvalue weighted by Crippen LogP contribution is -2.16. The maximum Gasteiger partial charge on any atom is 0.354 e. The lowest BCUT2D eigenvalue weighted by molar-refractivity contribution is -0.392. The van der Waals surface area contributed by atoms with Crippen LogP contribution in [0, 0.1) is 17.0 Å². The fourth-order valence-corrected chi connectivity index (χ4v) is 2.01. The second kappa shape index (κ2) is 5.83. The number of H-pyrrole nitrogens is 1. The monoisotopic (exact) mass is 247 g/mol. The number of hydrogen-bond donors (Lipinski definition) is 2. The number of nitro groups is 1. The number of rotatable bonds is 6. The van der Waals surface area contributed by atoms with Crippen LogP contribution in [0.3, 0.4) is 0 Å². The topological polar surface area (TPSA) is 101 Å². The Balaban J connectivity index is 2.62. The minimum Gasteiger partial charge on any atom is -0.390 e. The smallest absolute Gasteiger partial charge is 0.354 e. The highest BCUT2D eigenvalue weighted by Crippen LogP contribution is 2.26. The molecule has 16 heavy (non-hydrogen) atoms. The van der Waals surface area contributed by atoms with Crippen LogP contribution in [-0.2, 0) is 4.74 Å². The van der Waals surface area contributed by atoms with Crippen LogP contribution in [0.4, 0.5) is 5.82 Å². The molecule has 1 heterocycles. The maximum absolute atomic E-state index is 10.6. The van der Waals surface area contributed by atoms with Gasteiger partial charge in [0.2, 0.25) is 0 Å². The van der Waals surface area contributed by atoms with Gasteiger partial charge in [-0.05, 0) is 4.92 Å². The van der Waals surface area contributed by atoms with E-state index >= 15 is 0 Å². The van der Waals surface area contributed by atoms with E-state index in [2.05, 4.69) is 9.97 Å². The number of aromatic amines is 1. The zero-order chi connectivity index (χ0) is 12.1. The Hall–Kier alpha value is -1.12. The van der Waals surface area contributed by atoms with Crippen molar-refractivity contribution in [2.24, 2.45) is 0 Å². The lowest BCUT2D eigenvalue weighted by Gasteiger charge is -2.06. The second-order valence-corrected chi connectivity index (χ2v) is 4.16. The molecule has 0 saturated carbocycles. The Labute approximate surface area is 96.4 Å². The minimum absolute atomic E-state index is 0.132. The number of nitrogens with zero attached hydrogens (tertiary/aromatic N) is 2. The minimum atomic E-state index is -0.661. The molecular weight excluding hydrogens is 234 g/mol. The third kappa shape index (κ3) is 3.47. The van der Waals surface area contributed by atoms with Crippen LogP contribution in [0.2, 0.25) is 0 Å². The normalized spacial score (nSPS) is 12.7. The summed E-state index contributed by atoms with van der Waals surface area (Å²) >= 11 is 1.13. The zero-order valence-electron chi connectivity index (χ0n) is 8.97. The van der Waals surface area contributed by atoms with E-state index in [9.17, 15) is 15.2 Å². The van der Waals surface area contributed by atoms with Crippen molar-refractivity contribution in [2.45, 2.75) is 18.1 Å². The van der Waals surface area contributed by atoms with Crippen LogP contribution in [0.15, 0.2) is 5.03 Å². The standard InChI is InChI=1S/C8H13N3O4S/c1-5-9-7(11(13)14)8(10-5)16-4-6(12)3-15-2/h6,12H,3-4H2,1-2H3,(H,9,10)/t6-/m1/s1. The highest BCUT2D eigenvalue weighted by molar-refractivity contribution is 7.99.